The lowest BCUT2D eigenvalue weighted by Crippen LogP contribution is -2.20. The van der Waals surface area contributed by atoms with Crippen molar-refractivity contribution in [2.45, 2.75) is 13.3 Å². The Kier molecular flexibility index (Phi) is 7.88. The van der Waals surface area contributed by atoms with Crippen molar-refractivity contribution in [2.24, 2.45) is 0 Å². The second-order valence-corrected chi connectivity index (χ2v) is 7.41. The molecular weight excluding hydrogens is 408 g/mol. The Morgan fingerprint density at radius 2 is 1.94 bits per heavy atom. The number of hydroxylamine groups is 1. The van der Waals surface area contributed by atoms with Crippen LogP contribution in [0.3, 0.4) is 0 Å². The molecule has 8 heteroatoms. The van der Waals surface area contributed by atoms with Crippen molar-refractivity contribution in [3.05, 3.63) is 83.8 Å². The van der Waals surface area contributed by atoms with Crippen LogP contribution in [0.2, 0.25) is 0 Å². The predicted molar refractivity (Wildman–Crippen MR) is 122 cm³/mol. The molecule has 0 amide bonds. The number of aromatic nitrogens is 2. The number of benzene rings is 2. The van der Waals surface area contributed by atoms with Gasteiger partial charge < -0.3 is 14.7 Å². The molecule has 0 unspecified atom stereocenters. The first-order valence-corrected chi connectivity index (χ1v) is 10.2. The van der Waals surface area contributed by atoms with Gasteiger partial charge in [0.25, 0.3) is 0 Å². The summed E-state index contributed by atoms with van der Waals surface area (Å²) in [4.78, 5) is 18.5. The number of nitrogens with one attached hydrogen (secondary N) is 1. The second-order valence-electron chi connectivity index (χ2n) is 7.41. The van der Waals surface area contributed by atoms with Gasteiger partial charge in [-0.25, -0.2) is 4.68 Å². The highest BCUT2D eigenvalue weighted by atomic mass is 16.7. The van der Waals surface area contributed by atoms with Crippen molar-refractivity contribution in [1.29, 1.82) is 0 Å². The summed E-state index contributed by atoms with van der Waals surface area (Å²) in [5.74, 6) is -0.207. The zero-order chi connectivity index (χ0) is 22.9. The highest BCUT2D eigenvalue weighted by Crippen LogP contribution is 2.22. The third-order valence-electron chi connectivity index (χ3n) is 4.70. The summed E-state index contributed by atoms with van der Waals surface area (Å²) in [5, 5.41) is 13.3. The van der Waals surface area contributed by atoms with E-state index in [2.05, 4.69) is 10.6 Å². The third-order valence-corrected chi connectivity index (χ3v) is 4.70. The van der Waals surface area contributed by atoms with Gasteiger partial charge in [-0.2, -0.15) is 5.10 Å². The molecule has 1 heterocycles. The molecule has 2 N–H and O–H groups in total. The van der Waals surface area contributed by atoms with Gasteiger partial charge in [0.1, 0.15) is 19.0 Å². The number of nitrogens with zero attached hydrogens (tertiary/aromatic N) is 3. The van der Waals surface area contributed by atoms with E-state index in [9.17, 15) is 4.79 Å². The fourth-order valence-electron chi connectivity index (χ4n) is 3.13. The quantitative estimate of drug-likeness (QED) is 0.352. The number of hydrogen-bond acceptors (Lipinski definition) is 6. The standard InChI is InChI=1S/C24H28N4O4/c1-18-20(16-24(29)30)6-4-7-23(18)31-14-15-32-26-22(17-27(2)3)19-8-10-21(11-9-19)28-13-5-12-25-28/h4-13,17,26H,14-16H2,1-3H3,(H,29,30). The fourth-order valence-corrected chi connectivity index (χ4v) is 3.13. The average molecular weight is 437 g/mol. The molecule has 0 saturated carbocycles. The summed E-state index contributed by atoms with van der Waals surface area (Å²) >= 11 is 0. The van der Waals surface area contributed by atoms with Crippen LogP contribution in [0.15, 0.2) is 67.1 Å². The zero-order valence-corrected chi connectivity index (χ0v) is 18.5. The van der Waals surface area contributed by atoms with E-state index in [-0.39, 0.29) is 6.42 Å². The van der Waals surface area contributed by atoms with Crippen LogP contribution in [0.5, 0.6) is 5.75 Å². The lowest BCUT2D eigenvalue weighted by molar-refractivity contribution is -0.136. The molecule has 0 bridgehead atoms. The molecule has 0 atom stereocenters. The van der Waals surface area contributed by atoms with E-state index < -0.39 is 5.97 Å². The SMILES string of the molecule is Cc1c(CC(=O)O)cccc1OCCONC(=CN(C)C)c1ccc(-n2cccn2)cc1. The van der Waals surface area contributed by atoms with E-state index in [1.54, 1.807) is 23.0 Å². The second kappa shape index (κ2) is 11.0. The van der Waals surface area contributed by atoms with Crippen molar-refractivity contribution in [1.82, 2.24) is 20.2 Å². The first-order chi connectivity index (χ1) is 15.4. The Labute approximate surface area is 187 Å². The normalized spacial score (nSPS) is 11.3. The first-order valence-electron chi connectivity index (χ1n) is 10.2. The molecular formula is C24H28N4O4. The zero-order valence-electron chi connectivity index (χ0n) is 18.5. The van der Waals surface area contributed by atoms with Crippen LogP contribution in [-0.4, -0.2) is 53.1 Å². The van der Waals surface area contributed by atoms with Crippen LogP contribution in [0, 0.1) is 6.92 Å². The summed E-state index contributed by atoms with van der Waals surface area (Å²) in [7, 11) is 3.88. The molecule has 3 aromatic rings. The minimum Gasteiger partial charge on any atom is -0.491 e. The number of rotatable bonds is 11. The molecule has 32 heavy (non-hydrogen) atoms. The highest BCUT2D eigenvalue weighted by Gasteiger charge is 2.09. The first kappa shape index (κ1) is 22.9. The Bertz CT molecular complexity index is 1040. The molecule has 1 aromatic heterocycles. The maximum Gasteiger partial charge on any atom is 0.307 e. The number of carbonyl (C=O) groups is 1. The van der Waals surface area contributed by atoms with Gasteiger partial charge in [-0.05, 0) is 42.3 Å². The Morgan fingerprint density at radius 3 is 2.59 bits per heavy atom. The molecule has 0 saturated heterocycles. The van der Waals surface area contributed by atoms with E-state index in [0.717, 1.165) is 28.1 Å². The van der Waals surface area contributed by atoms with Crippen LogP contribution in [0.4, 0.5) is 0 Å². The highest BCUT2D eigenvalue weighted by molar-refractivity contribution is 5.71. The maximum absolute atomic E-state index is 11.0. The summed E-state index contributed by atoms with van der Waals surface area (Å²) in [6, 6.07) is 15.3. The van der Waals surface area contributed by atoms with Crippen LogP contribution < -0.4 is 10.2 Å². The molecule has 168 valence electrons. The van der Waals surface area contributed by atoms with E-state index in [1.807, 2.05) is 74.7 Å². The molecule has 0 aliphatic carbocycles. The van der Waals surface area contributed by atoms with E-state index >= 15 is 0 Å². The van der Waals surface area contributed by atoms with Crippen molar-refractivity contribution in [3.63, 3.8) is 0 Å². The smallest absolute Gasteiger partial charge is 0.307 e. The van der Waals surface area contributed by atoms with Gasteiger partial charge in [-0.1, -0.05) is 24.3 Å². The maximum atomic E-state index is 11.0. The molecule has 0 aliphatic heterocycles. The van der Waals surface area contributed by atoms with Crippen molar-refractivity contribution in [3.8, 4) is 11.4 Å². The lowest BCUT2D eigenvalue weighted by atomic mass is 10.1. The number of carboxylic acids is 1. The number of carboxylic acid groups (broad SMARTS) is 1. The minimum atomic E-state index is -0.865. The molecule has 0 spiro atoms. The van der Waals surface area contributed by atoms with Crippen molar-refractivity contribution >= 4 is 11.7 Å². The molecule has 2 aromatic carbocycles. The van der Waals surface area contributed by atoms with E-state index in [4.69, 9.17) is 14.7 Å². The lowest BCUT2D eigenvalue weighted by Gasteiger charge is -2.16. The van der Waals surface area contributed by atoms with Gasteiger partial charge >= 0.3 is 5.97 Å². The van der Waals surface area contributed by atoms with Gasteiger partial charge in [0.15, 0.2) is 0 Å². The third kappa shape index (κ3) is 6.36. The van der Waals surface area contributed by atoms with Gasteiger partial charge in [0, 0.05) is 38.3 Å². The van der Waals surface area contributed by atoms with Gasteiger partial charge in [-0.3, -0.25) is 15.1 Å². The van der Waals surface area contributed by atoms with Crippen LogP contribution in [-0.2, 0) is 16.1 Å². The van der Waals surface area contributed by atoms with Gasteiger partial charge in [0.2, 0.25) is 0 Å². The molecule has 0 radical (unpaired) electrons. The Balaban J connectivity index is 1.55. The fraction of sp³-hybridized carbons (Fsp3) is 0.250. The average Bonchev–Trinajstić information content (AvgIpc) is 3.29. The largest absolute Gasteiger partial charge is 0.491 e. The Morgan fingerprint density at radius 1 is 1.16 bits per heavy atom. The van der Waals surface area contributed by atoms with Crippen LogP contribution in [0.1, 0.15) is 16.7 Å². The van der Waals surface area contributed by atoms with Crippen molar-refractivity contribution < 1.29 is 19.5 Å². The minimum absolute atomic E-state index is 0.0288. The van der Waals surface area contributed by atoms with Crippen molar-refractivity contribution in [2.75, 3.05) is 27.3 Å². The summed E-state index contributed by atoms with van der Waals surface area (Å²) in [6.45, 7) is 2.48. The molecule has 0 aliphatic rings. The predicted octanol–water partition coefficient (Wildman–Crippen LogP) is 3.27. The Hall–Kier alpha value is -3.78. The number of hydrogen-bond donors (Lipinski definition) is 2. The molecule has 8 nitrogen and oxygen atoms in total. The summed E-state index contributed by atoms with van der Waals surface area (Å²) < 4.78 is 7.59. The van der Waals surface area contributed by atoms with Gasteiger partial charge in [0.05, 0.1) is 17.8 Å². The molecule has 3 rings (SSSR count). The summed E-state index contributed by atoms with van der Waals surface area (Å²) in [5.41, 5.74) is 7.31. The number of ether oxygens (including phenoxy) is 1. The van der Waals surface area contributed by atoms with Crippen LogP contribution in [0.25, 0.3) is 11.4 Å². The van der Waals surface area contributed by atoms with E-state index in [0.29, 0.717) is 19.0 Å². The monoisotopic (exact) mass is 436 g/mol. The summed E-state index contributed by atoms with van der Waals surface area (Å²) in [6.07, 6.45) is 5.54. The van der Waals surface area contributed by atoms with Crippen LogP contribution >= 0.6 is 0 Å². The van der Waals surface area contributed by atoms with E-state index in [1.165, 1.54) is 0 Å². The molecule has 0 fully saturated rings. The number of aliphatic carboxylic acids is 1. The topological polar surface area (TPSA) is 88.9 Å². The van der Waals surface area contributed by atoms with Gasteiger partial charge in [-0.15, -0.1) is 0 Å².